The van der Waals surface area contributed by atoms with E-state index in [0.29, 0.717) is 6.61 Å². The number of ether oxygens (including phenoxy) is 1. The first-order valence-corrected chi connectivity index (χ1v) is 4.85. The maximum atomic E-state index is 11.2. The Balaban J connectivity index is 2.45. The zero-order valence-electron chi connectivity index (χ0n) is 8.32. The van der Waals surface area contributed by atoms with Crippen LogP contribution in [0.25, 0.3) is 0 Å². The zero-order chi connectivity index (χ0) is 10.6. The third kappa shape index (κ3) is 2.68. The fourth-order valence-electron chi connectivity index (χ4n) is 1.86. The fraction of sp³-hybridized carbons (Fsp3) is 0.889. The predicted octanol–water partition coefficient (Wildman–Crippen LogP) is 1.39. The van der Waals surface area contributed by atoms with Crippen LogP contribution in [-0.2, 0) is 9.53 Å². The summed E-state index contributed by atoms with van der Waals surface area (Å²) in [4.78, 5) is 21.3. The van der Waals surface area contributed by atoms with Crippen molar-refractivity contribution < 1.29 is 14.5 Å². The number of nitrogens with zero attached hydrogens (tertiary/aromatic N) is 1. The minimum atomic E-state index is -0.407. The summed E-state index contributed by atoms with van der Waals surface area (Å²) in [6.07, 6.45) is 2.72. The van der Waals surface area contributed by atoms with E-state index in [0.717, 1.165) is 19.3 Å². The van der Waals surface area contributed by atoms with Gasteiger partial charge in [0.2, 0.25) is 6.54 Å². The number of carbonyl (C=O) groups is 1. The fourth-order valence-corrected chi connectivity index (χ4v) is 1.86. The third-order valence-corrected chi connectivity index (χ3v) is 2.70. The van der Waals surface area contributed by atoms with Crippen molar-refractivity contribution in [2.75, 3.05) is 13.2 Å². The summed E-state index contributed by atoms with van der Waals surface area (Å²) in [6, 6.07) is 0. The molecule has 0 saturated heterocycles. The lowest BCUT2D eigenvalue weighted by Crippen LogP contribution is -2.39. The Labute approximate surface area is 82.6 Å². The highest BCUT2D eigenvalue weighted by Gasteiger charge is 2.43. The first kappa shape index (κ1) is 10.9. The number of rotatable bonds is 5. The second kappa shape index (κ2) is 4.39. The van der Waals surface area contributed by atoms with E-state index in [1.54, 1.807) is 6.92 Å². The van der Waals surface area contributed by atoms with Gasteiger partial charge in [-0.1, -0.05) is 6.42 Å². The van der Waals surface area contributed by atoms with Gasteiger partial charge in [0.1, 0.15) is 0 Å². The highest BCUT2D eigenvalue weighted by Crippen LogP contribution is 2.44. The van der Waals surface area contributed by atoms with E-state index in [-0.39, 0.29) is 23.9 Å². The second-order valence-electron chi connectivity index (χ2n) is 3.83. The molecule has 0 bridgehead atoms. The molecule has 0 aromatic carbocycles. The van der Waals surface area contributed by atoms with E-state index in [4.69, 9.17) is 4.74 Å². The molecule has 1 fully saturated rings. The summed E-state index contributed by atoms with van der Waals surface area (Å²) < 4.78 is 4.79. The van der Waals surface area contributed by atoms with E-state index in [1.165, 1.54) is 0 Å². The Morgan fingerprint density at radius 3 is 2.57 bits per heavy atom. The SMILES string of the molecule is CCOC(=O)CC1(C[N+](=O)[O-])CCC1. The number of hydrogen-bond donors (Lipinski definition) is 0. The molecule has 1 rings (SSSR count). The van der Waals surface area contributed by atoms with Crippen molar-refractivity contribution in [3.63, 3.8) is 0 Å². The molecule has 5 nitrogen and oxygen atoms in total. The average molecular weight is 201 g/mol. The Morgan fingerprint density at radius 2 is 2.21 bits per heavy atom. The molecule has 0 spiro atoms. The van der Waals surface area contributed by atoms with Gasteiger partial charge >= 0.3 is 5.97 Å². The third-order valence-electron chi connectivity index (χ3n) is 2.70. The highest BCUT2D eigenvalue weighted by molar-refractivity contribution is 5.70. The minimum Gasteiger partial charge on any atom is -0.466 e. The normalized spacial score (nSPS) is 18.4. The van der Waals surface area contributed by atoms with E-state index in [2.05, 4.69) is 0 Å². The number of carbonyl (C=O) groups excluding carboxylic acids is 1. The Bertz CT molecular complexity index is 235. The topological polar surface area (TPSA) is 69.4 Å². The van der Waals surface area contributed by atoms with Gasteiger partial charge in [-0.25, -0.2) is 0 Å². The van der Waals surface area contributed by atoms with Crippen LogP contribution >= 0.6 is 0 Å². The summed E-state index contributed by atoms with van der Waals surface area (Å²) in [6.45, 7) is 1.97. The molecule has 80 valence electrons. The summed E-state index contributed by atoms with van der Waals surface area (Å²) in [7, 11) is 0. The molecule has 14 heavy (non-hydrogen) atoms. The van der Waals surface area contributed by atoms with Crippen LogP contribution in [0, 0.1) is 15.5 Å². The number of esters is 1. The van der Waals surface area contributed by atoms with Crippen LogP contribution in [0.1, 0.15) is 32.6 Å². The Morgan fingerprint density at radius 1 is 1.57 bits per heavy atom. The van der Waals surface area contributed by atoms with Gasteiger partial charge in [0.05, 0.1) is 13.0 Å². The first-order valence-electron chi connectivity index (χ1n) is 4.85. The lowest BCUT2D eigenvalue weighted by molar-refractivity contribution is -0.501. The molecule has 0 atom stereocenters. The van der Waals surface area contributed by atoms with Gasteiger partial charge in [-0.2, -0.15) is 0 Å². The highest BCUT2D eigenvalue weighted by atomic mass is 16.6. The molecular weight excluding hydrogens is 186 g/mol. The second-order valence-corrected chi connectivity index (χ2v) is 3.83. The van der Waals surface area contributed by atoms with Crippen LogP contribution in [0.4, 0.5) is 0 Å². The summed E-state index contributed by atoms with van der Waals surface area (Å²) >= 11 is 0. The van der Waals surface area contributed by atoms with Crippen molar-refractivity contribution in [2.24, 2.45) is 5.41 Å². The van der Waals surface area contributed by atoms with Crippen LogP contribution in [0.15, 0.2) is 0 Å². The lowest BCUT2D eigenvalue weighted by Gasteiger charge is -2.37. The van der Waals surface area contributed by atoms with E-state index in [9.17, 15) is 14.9 Å². The minimum absolute atomic E-state index is 0.105. The summed E-state index contributed by atoms with van der Waals surface area (Å²) in [5.74, 6) is -0.311. The molecule has 0 amide bonds. The van der Waals surface area contributed by atoms with Crippen molar-refractivity contribution in [1.82, 2.24) is 0 Å². The van der Waals surface area contributed by atoms with Crippen molar-refractivity contribution in [2.45, 2.75) is 32.6 Å². The van der Waals surface area contributed by atoms with Gasteiger partial charge in [0, 0.05) is 10.3 Å². The van der Waals surface area contributed by atoms with E-state index >= 15 is 0 Å². The average Bonchev–Trinajstić information content (AvgIpc) is 1.99. The molecule has 0 unspecified atom stereocenters. The molecule has 0 aliphatic heterocycles. The van der Waals surface area contributed by atoms with E-state index < -0.39 is 5.41 Å². The quantitative estimate of drug-likeness (QED) is 0.383. The molecule has 0 heterocycles. The van der Waals surface area contributed by atoms with E-state index in [1.807, 2.05) is 0 Å². The molecule has 1 aliphatic carbocycles. The molecule has 0 N–H and O–H groups in total. The van der Waals surface area contributed by atoms with Gasteiger partial charge in [-0.3, -0.25) is 14.9 Å². The van der Waals surface area contributed by atoms with Gasteiger partial charge in [-0.05, 0) is 19.8 Å². The molecule has 1 saturated carbocycles. The maximum absolute atomic E-state index is 11.2. The van der Waals surface area contributed by atoms with Gasteiger partial charge in [-0.15, -0.1) is 0 Å². The van der Waals surface area contributed by atoms with Crippen LogP contribution in [0.5, 0.6) is 0 Å². The van der Waals surface area contributed by atoms with Crippen LogP contribution in [-0.4, -0.2) is 24.0 Å². The molecule has 5 heteroatoms. The molecule has 1 aliphatic rings. The Hall–Kier alpha value is -1.13. The standard InChI is InChI=1S/C9H15NO4/c1-2-14-8(11)6-9(4-3-5-9)7-10(12)13/h2-7H2,1H3. The van der Waals surface area contributed by atoms with Crippen molar-refractivity contribution >= 4 is 5.97 Å². The van der Waals surface area contributed by atoms with Gasteiger partial charge in [0.15, 0.2) is 0 Å². The molecule has 0 radical (unpaired) electrons. The molecule has 0 aromatic rings. The Kier molecular flexibility index (Phi) is 3.43. The lowest BCUT2D eigenvalue weighted by atomic mass is 9.67. The zero-order valence-corrected chi connectivity index (χ0v) is 8.32. The maximum Gasteiger partial charge on any atom is 0.306 e. The largest absolute Gasteiger partial charge is 0.466 e. The van der Waals surface area contributed by atoms with Crippen LogP contribution in [0.3, 0.4) is 0 Å². The number of nitro groups is 1. The molecule has 0 aromatic heterocycles. The van der Waals surface area contributed by atoms with Crippen LogP contribution < -0.4 is 0 Å². The predicted molar refractivity (Wildman–Crippen MR) is 49.4 cm³/mol. The summed E-state index contributed by atoms with van der Waals surface area (Å²) in [5.41, 5.74) is -0.407. The molecular formula is C9H15NO4. The first-order chi connectivity index (χ1) is 6.58. The summed E-state index contributed by atoms with van der Waals surface area (Å²) in [5, 5.41) is 10.4. The van der Waals surface area contributed by atoms with Crippen molar-refractivity contribution in [3.05, 3.63) is 10.1 Å². The van der Waals surface area contributed by atoms with Crippen molar-refractivity contribution in [1.29, 1.82) is 0 Å². The number of hydrogen-bond acceptors (Lipinski definition) is 4. The van der Waals surface area contributed by atoms with Crippen molar-refractivity contribution in [3.8, 4) is 0 Å². The smallest absolute Gasteiger partial charge is 0.306 e. The van der Waals surface area contributed by atoms with Gasteiger partial charge in [0.25, 0.3) is 0 Å². The van der Waals surface area contributed by atoms with Crippen LogP contribution in [0.2, 0.25) is 0 Å². The monoisotopic (exact) mass is 201 g/mol. The van der Waals surface area contributed by atoms with Gasteiger partial charge < -0.3 is 4.74 Å².